The number of para-hydroxylation sites is 2. The number of nitrogens with zero attached hydrogens (tertiary/aromatic N) is 2. The maximum Gasteiger partial charge on any atom is 0.337 e. The van der Waals surface area contributed by atoms with Crippen molar-refractivity contribution in [3.63, 3.8) is 0 Å². The first-order valence-corrected chi connectivity index (χ1v) is 7.67. The van der Waals surface area contributed by atoms with E-state index in [4.69, 9.17) is 0 Å². The molecule has 2 aliphatic heterocycles. The second kappa shape index (κ2) is 5.79. The second-order valence-corrected chi connectivity index (χ2v) is 5.58. The lowest BCUT2D eigenvalue weighted by molar-refractivity contribution is 0.0697. The van der Waals surface area contributed by atoms with E-state index in [1.165, 1.54) is 11.0 Å². The Balaban J connectivity index is 1.63. The zero-order valence-electron chi connectivity index (χ0n) is 13.0. The van der Waals surface area contributed by atoms with Crippen LogP contribution in [0, 0.1) is 0 Å². The number of carbonyl (C=O) groups is 2. The number of fused-ring (bicyclic) bond motifs is 2. The smallest absolute Gasteiger partial charge is 0.337 e. The molecule has 7 nitrogen and oxygen atoms in total. The van der Waals surface area contributed by atoms with Crippen molar-refractivity contribution in [2.45, 2.75) is 6.29 Å². The fourth-order valence-electron chi connectivity index (χ4n) is 2.81. The molecule has 0 saturated heterocycles. The van der Waals surface area contributed by atoms with Crippen molar-refractivity contribution < 1.29 is 14.7 Å². The van der Waals surface area contributed by atoms with Crippen LogP contribution in [0.3, 0.4) is 0 Å². The highest BCUT2D eigenvalue weighted by Gasteiger charge is 2.32. The van der Waals surface area contributed by atoms with Gasteiger partial charge in [0.05, 0.1) is 16.8 Å². The lowest BCUT2D eigenvalue weighted by Gasteiger charge is -2.35. The van der Waals surface area contributed by atoms with Crippen molar-refractivity contribution >= 4 is 29.1 Å². The third-order valence-corrected chi connectivity index (χ3v) is 4.01. The van der Waals surface area contributed by atoms with Crippen LogP contribution >= 0.6 is 0 Å². The number of hydrogen-bond acceptors (Lipinski definition) is 5. The third-order valence-electron chi connectivity index (χ3n) is 4.01. The second-order valence-electron chi connectivity index (χ2n) is 5.58. The molecule has 2 heterocycles. The minimum absolute atomic E-state index is 0.135. The zero-order chi connectivity index (χ0) is 17.4. The van der Waals surface area contributed by atoms with E-state index >= 15 is 0 Å². The van der Waals surface area contributed by atoms with Crippen molar-refractivity contribution in [3.05, 3.63) is 71.9 Å². The van der Waals surface area contributed by atoms with E-state index in [2.05, 4.69) is 15.6 Å². The van der Waals surface area contributed by atoms with Crippen LogP contribution in [0.5, 0.6) is 0 Å². The fourth-order valence-corrected chi connectivity index (χ4v) is 2.81. The van der Waals surface area contributed by atoms with Gasteiger partial charge in [-0.15, -0.1) is 0 Å². The number of hydrogen-bond donors (Lipinski definition) is 3. The fraction of sp³-hybridized carbons (Fsp3) is 0.0556. The van der Waals surface area contributed by atoms with Gasteiger partial charge in [0.25, 0.3) is 5.91 Å². The number of nitrogens with one attached hydrogen (secondary N) is 2. The summed E-state index contributed by atoms with van der Waals surface area (Å²) in [4.78, 5) is 29.8. The Labute approximate surface area is 143 Å². The average molecular weight is 334 g/mol. The van der Waals surface area contributed by atoms with E-state index in [0.29, 0.717) is 17.1 Å². The molecule has 0 radical (unpaired) electrons. The Kier molecular flexibility index (Phi) is 3.46. The topological polar surface area (TPSA) is 94.0 Å². The number of anilines is 2. The number of benzene rings is 2. The van der Waals surface area contributed by atoms with Gasteiger partial charge in [-0.05, 0) is 30.3 Å². The van der Waals surface area contributed by atoms with Crippen LogP contribution in [-0.2, 0) is 0 Å². The lowest BCUT2D eigenvalue weighted by atomic mass is 10.1. The largest absolute Gasteiger partial charge is 0.478 e. The van der Waals surface area contributed by atoms with Crippen LogP contribution in [0.2, 0.25) is 0 Å². The molecule has 0 fully saturated rings. The highest BCUT2D eigenvalue weighted by molar-refractivity contribution is 6.09. The van der Waals surface area contributed by atoms with Gasteiger partial charge in [-0.25, -0.2) is 9.79 Å². The van der Waals surface area contributed by atoms with Crippen molar-refractivity contribution in [3.8, 4) is 0 Å². The quantitative estimate of drug-likeness (QED) is 0.785. The molecule has 2 aromatic carbocycles. The predicted octanol–water partition coefficient (Wildman–Crippen LogP) is 2.57. The SMILES string of the molecule is O=C(O)c1ccccc1NC1=N[C@@H]2Nc3ccccc3C(=O)N2C=C1. The molecule has 0 bridgehead atoms. The molecule has 124 valence electrons. The number of amides is 1. The number of aromatic carboxylic acids is 1. The number of amidine groups is 1. The summed E-state index contributed by atoms with van der Waals surface area (Å²) in [7, 11) is 0. The van der Waals surface area contributed by atoms with E-state index in [0.717, 1.165) is 5.69 Å². The maximum atomic E-state index is 12.5. The molecule has 3 N–H and O–H groups in total. The predicted molar refractivity (Wildman–Crippen MR) is 93.6 cm³/mol. The highest BCUT2D eigenvalue weighted by atomic mass is 16.4. The third kappa shape index (κ3) is 2.61. The Morgan fingerprint density at radius 2 is 1.92 bits per heavy atom. The first kappa shape index (κ1) is 14.9. The van der Waals surface area contributed by atoms with Gasteiger partial charge in [0.1, 0.15) is 5.84 Å². The van der Waals surface area contributed by atoms with E-state index in [9.17, 15) is 14.7 Å². The summed E-state index contributed by atoms with van der Waals surface area (Å²) >= 11 is 0. The molecule has 2 aliphatic rings. The van der Waals surface area contributed by atoms with Gasteiger partial charge in [-0.3, -0.25) is 9.69 Å². The van der Waals surface area contributed by atoms with Crippen LogP contribution in [0.4, 0.5) is 11.4 Å². The maximum absolute atomic E-state index is 12.5. The summed E-state index contributed by atoms with van der Waals surface area (Å²) in [5, 5.41) is 15.5. The molecule has 0 saturated carbocycles. The number of rotatable bonds is 2. The Bertz CT molecular complexity index is 935. The van der Waals surface area contributed by atoms with Crippen LogP contribution < -0.4 is 10.6 Å². The normalized spacial score (nSPS) is 17.9. The summed E-state index contributed by atoms with van der Waals surface area (Å²) in [6, 6.07) is 13.8. The van der Waals surface area contributed by atoms with Crippen LogP contribution in [0.1, 0.15) is 20.7 Å². The summed E-state index contributed by atoms with van der Waals surface area (Å²) in [6.07, 6.45) is 2.70. The molecule has 25 heavy (non-hydrogen) atoms. The van der Waals surface area contributed by atoms with E-state index in [1.807, 2.05) is 18.2 Å². The molecule has 1 amide bonds. The van der Waals surface area contributed by atoms with Gasteiger partial charge >= 0.3 is 5.97 Å². The van der Waals surface area contributed by atoms with Gasteiger partial charge in [0, 0.05) is 11.9 Å². The summed E-state index contributed by atoms with van der Waals surface area (Å²) in [5.74, 6) is -0.691. The molecule has 0 unspecified atom stereocenters. The van der Waals surface area contributed by atoms with Crippen molar-refractivity contribution in [1.29, 1.82) is 0 Å². The minimum atomic E-state index is -1.02. The van der Waals surface area contributed by atoms with Crippen LogP contribution in [-0.4, -0.2) is 34.0 Å². The first-order valence-electron chi connectivity index (χ1n) is 7.67. The number of carboxylic acids is 1. The molecular weight excluding hydrogens is 320 g/mol. The van der Waals surface area contributed by atoms with Gasteiger partial charge in [-0.1, -0.05) is 24.3 Å². The number of aliphatic imine (C=N–C) groups is 1. The van der Waals surface area contributed by atoms with Crippen LogP contribution in [0.15, 0.2) is 65.8 Å². The molecule has 0 aliphatic carbocycles. The van der Waals surface area contributed by atoms with Gasteiger partial charge in [-0.2, -0.15) is 0 Å². The minimum Gasteiger partial charge on any atom is -0.478 e. The van der Waals surface area contributed by atoms with Crippen molar-refractivity contribution in [2.75, 3.05) is 10.6 Å². The molecule has 0 spiro atoms. The molecule has 7 heteroatoms. The Morgan fingerprint density at radius 3 is 2.76 bits per heavy atom. The zero-order valence-corrected chi connectivity index (χ0v) is 13.0. The molecular formula is C18H14N4O3. The van der Waals surface area contributed by atoms with Crippen LogP contribution in [0.25, 0.3) is 0 Å². The van der Waals surface area contributed by atoms with Crippen molar-refractivity contribution in [2.24, 2.45) is 4.99 Å². The number of carbonyl (C=O) groups excluding carboxylic acids is 1. The molecule has 0 aromatic heterocycles. The molecule has 2 aromatic rings. The van der Waals surface area contributed by atoms with Gasteiger partial charge in [0.2, 0.25) is 6.29 Å². The molecule has 1 atom stereocenters. The standard InChI is InChI=1S/C18H14N4O3/c23-16-11-5-1-3-7-13(11)20-18-21-15(9-10-22(16)18)19-14-8-4-2-6-12(14)17(24)25/h1-10,18,20H,(H,19,21)(H,24,25)/t18-/m0/s1. The van der Waals surface area contributed by atoms with Crippen molar-refractivity contribution in [1.82, 2.24) is 4.90 Å². The highest BCUT2D eigenvalue weighted by Crippen LogP contribution is 2.27. The van der Waals surface area contributed by atoms with Gasteiger partial charge in [0.15, 0.2) is 0 Å². The average Bonchev–Trinajstić information content (AvgIpc) is 2.62. The summed E-state index contributed by atoms with van der Waals surface area (Å²) < 4.78 is 0. The lowest BCUT2D eigenvalue weighted by Crippen LogP contribution is -2.47. The van der Waals surface area contributed by atoms with Gasteiger partial charge < -0.3 is 15.7 Å². The van der Waals surface area contributed by atoms with E-state index in [-0.39, 0.29) is 11.5 Å². The Morgan fingerprint density at radius 1 is 1.16 bits per heavy atom. The molecule has 4 rings (SSSR count). The number of carboxylic acid groups (broad SMARTS) is 1. The summed E-state index contributed by atoms with van der Waals surface area (Å²) in [6.45, 7) is 0. The first-order chi connectivity index (χ1) is 12.1. The van der Waals surface area contributed by atoms with E-state index < -0.39 is 12.3 Å². The van der Waals surface area contributed by atoms with E-state index in [1.54, 1.807) is 36.5 Å². The summed E-state index contributed by atoms with van der Waals surface area (Å²) in [5.41, 5.74) is 1.90. The Hall–Kier alpha value is -3.61. The monoisotopic (exact) mass is 334 g/mol.